The summed E-state index contributed by atoms with van der Waals surface area (Å²) in [6.45, 7) is 39.9. The molecular formula is C77H79BN2. The Kier molecular flexibility index (Phi) is 9.89. The van der Waals surface area contributed by atoms with E-state index < -0.39 is 5.41 Å². The third kappa shape index (κ3) is 6.34. The van der Waals surface area contributed by atoms with Crippen molar-refractivity contribution in [2.24, 2.45) is 21.7 Å². The van der Waals surface area contributed by atoms with Crippen LogP contribution in [0.25, 0.3) is 77.6 Å². The van der Waals surface area contributed by atoms with Crippen LogP contribution in [-0.2, 0) is 16.2 Å². The molecule has 2 nitrogen and oxygen atoms in total. The van der Waals surface area contributed by atoms with Gasteiger partial charge in [0.05, 0.1) is 16.6 Å². The second-order valence-electron chi connectivity index (χ2n) is 31.0. The standard InChI is InChI=1S/C77H79BN2/c1-71(2,3)69(72(4,5)6)46-39-50-51-40-47(70(73(7,8)9)74(10,11)12)42-57-66(51)80-65(50)56(41-46)77(52-33-25-23-31-48(52)49-32-24-26-34-53(49)77)54-35-36-59-63(67(54)80)78(57)58-43-55-62(76(15,16)38-37-75(55,13)14)61-60(44-27-19-17-20-28-44)64(79(59)68(58)61)45-29-21-18-22-30-45/h17-36,39-43,69-70H,37-38H2,1-16H3. The van der Waals surface area contributed by atoms with Gasteiger partial charge in [0.25, 0.3) is 6.71 Å². The van der Waals surface area contributed by atoms with Gasteiger partial charge in [-0.3, -0.25) is 0 Å². The lowest BCUT2D eigenvalue weighted by molar-refractivity contribution is 0.176. The van der Waals surface area contributed by atoms with E-state index in [2.05, 4.69) is 272 Å². The molecule has 5 aliphatic rings. The van der Waals surface area contributed by atoms with Gasteiger partial charge >= 0.3 is 0 Å². The van der Waals surface area contributed by atoms with Crippen molar-refractivity contribution in [3.63, 3.8) is 0 Å². The number of hydrogen-bond donors (Lipinski definition) is 0. The number of aromatic nitrogens is 2. The number of hydrogen-bond acceptors (Lipinski definition) is 0. The van der Waals surface area contributed by atoms with Crippen molar-refractivity contribution in [1.29, 1.82) is 0 Å². The van der Waals surface area contributed by atoms with Crippen molar-refractivity contribution in [3.05, 3.63) is 196 Å². The molecule has 3 aliphatic heterocycles. The molecular weight excluding hydrogens is 964 g/mol. The molecule has 400 valence electrons. The highest BCUT2D eigenvalue weighted by molar-refractivity contribution is 7.00. The second kappa shape index (κ2) is 15.8. The fourth-order valence-electron chi connectivity index (χ4n) is 18.9. The Bertz CT molecular complexity index is 4260. The topological polar surface area (TPSA) is 9.86 Å². The molecule has 2 aliphatic carbocycles. The van der Waals surface area contributed by atoms with Gasteiger partial charge in [-0.1, -0.05) is 244 Å². The van der Waals surface area contributed by atoms with Crippen LogP contribution in [0.2, 0.25) is 0 Å². The normalized spacial score (nSPS) is 16.9. The Labute approximate surface area is 476 Å². The van der Waals surface area contributed by atoms with Gasteiger partial charge in [0.2, 0.25) is 0 Å². The van der Waals surface area contributed by atoms with E-state index in [0.717, 1.165) is 12.8 Å². The molecule has 0 saturated carbocycles. The van der Waals surface area contributed by atoms with E-state index in [1.165, 1.54) is 138 Å². The van der Waals surface area contributed by atoms with Gasteiger partial charge in [0, 0.05) is 44.1 Å². The predicted molar refractivity (Wildman–Crippen MR) is 343 cm³/mol. The third-order valence-electron chi connectivity index (χ3n) is 20.6. The van der Waals surface area contributed by atoms with Gasteiger partial charge in [-0.15, -0.1) is 0 Å². The van der Waals surface area contributed by atoms with E-state index in [1.54, 1.807) is 0 Å². The molecule has 15 rings (SSSR count). The molecule has 0 amide bonds. The fourth-order valence-corrected chi connectivity index (χ4v) is 18.9. The van der Waals surface area contributed by atoms with Gasteiger partial charge in [0.15, 0.2) is 0 Å². The van der Waals surface area contributed by atoms with Crippen molar-refractivity contribution < 1.29 is 0 Å². The molecule has 3 heteroatoms. The molecule has 0 atom stereocenters. The quantitative estimate of drug-likeness (QED) is 0.156. The summed E-state index contributed by atoms with van der Waals surface area (Å²) < 4.78 is 5.65. The highest BCUT2D eigenvalue weighted by Crippen LogP contribution is 2.64. The minimum Gasteiger partial charge on any atom is -0.310 e. The Morgan fingerprint density at radius 3 is 1.51 bits per heavy atom. The van der Waals surface area contributed by atoms with Crippen molar-refractivity contribution in [3.8, 4) is 44.9 Å². The Hall–Kier alpha value is -6.84. The van der Waals surface area contributed by atoms with Crippen LogP contribution in [0.1, 0.15) is 180 Å². The predicted octanol–water partition coefficient (Wildman–Crippen LogP) is 18.6. The molecule has 8 aromatic carbocycles. The monoisotopic (exact) mass is 1040 g/mol. The maximum absolute atomic E-state index is 2.85. The lowest BCUT2D eigenvalue weighted by Gasteiger charge is -2.46. The smallest absolute Gasteiger partial charge is 0.252 e. The van der Waals surface area contributed by atoms with Crippen LogP contribution in [0.5, 0.6) is 0 Å². The minimum absolute atomic E-state index is 0.00922. The second-order valence-corrected chi connectivity index (χ2v) is 31.0. The molecule has 0 saturated heterocycles. The fraction of sp³-hybridized carbons (Fsp3) is 0.351. The van der Waals surface area contributed by atoms with E-state index in [9.17, 15) is 0 Å². The number of rotatable bonds is 4. The average Bonchev–Trinajstić information content (AvgIpc) is 3.78. The molecule has 5 heterocycles. The lowest BCUT2D eigenvalue weighted by Crippen LogP contribution is -2.61. The van der Waals surface area contributed by atoms with Crippen LogP contribution in [0.3, 0.4) is 0 Å². The zero-order valence-electron chi connectivity index (χ0n) is 50.5. The van der Waals surface area contributed by atoms with Crippen LogP contribution >= 0.6 is 0 Å². The molecule has 0 unspecified atom stereocenters. The van der Waals surface area contributed by atoms with Crippen molar-refractivity contribution >= 4 is 55.8 Å². The molecule has 80 heavy (non-hydrogen) atoms. The summed E-state index contributed by atoms with van der Waals surface area (Å²) in [7, 11) is 0. The first-order valence-electron chi connectivity index (χ1n) is 30.2. The lowest BCUT2D eigenvalue weighted by atomic mass is 9.33. The van der Waals surface area contributed by atoms with E-state index in [0.29, 0.717) is 0 Å². The highest BCUT2D eigenvalue weighted by atomic mass is 15.1. The van der Waals surface area contributed by atoms with Gasteiger partial charge < -0.3 is 9.13 Å². The van der Waals surface area contributed by atoms with Crippen LogP contribution in [0, 0.1) is 21.7 Å². The summed E-state index contributed by atoms with van der Waals surface area (Å²) >= 11 is 0. The van der Waals surface area contributed by atoms with Crippen LogP contribution < -0.4 is 16.4 Å². The zero-order valence-corrected chi connectivity index (χ0v) is 50.5. The zero-order chi connectivity index (χ0) is 55.9. The Balaban J connectivity index is 1.23. The van der Waals surface area contributed by atoms with E-state index in [-0.39, 0.29) is 51.0 Å². The summed E-state index contributed by atoms with van der Waals surface area (Å²) in [4.78, 5) is 0. The molecule has 0 N–H and O–H groups in total. The summed E-state index contributed by atoms with van der Waals surface area (Å²) in [5.41, 5.74) is 30.0. The summed E-state index contributed by atoms with van der Waals surface area (Å²) in [6, 6.07) is 60.8. The number of fused-ring (bicyclic) bond motifs is 13. The van der Waals surface area contributed by atoms with Gasteiger partial charge in [0.1, 0.15) is 0 Å². The molecule has 1 spiro atoms. The highest BCUT2D eigenvalue weighted by Gasteiger charge is 2.56. The number of benzene rings is 8. The molecule has 2 aromatic heterocycles. The summed E-state index contributed by atoms with van der Waals surface area (Å²) in [6.07, 6.45) is 2.28. The SMILES string of the molecule is CC1(C)CCC(C)(C)c2c1cc1c3c2c(-c2ccccc2)c(-c2ccccc2)n3-c2ccc3c4c2B1c1cc(C(C(C)(C)C)C(C)(C)C)cc2c5cc(C(C(C)(C)C)C(C)(C)C)cc(c5n-4c12)C31c2ccccc2-c2ccccc21. The van der Waals surface area contributed by atoms with Crippen LogP contribution in [0.15, 0.2) is 152 Å². The third-order valence-corrected chi connectivity index (χ3v) is 20.6. The molecule has 0 radical (unpaired) electrons. The number of nitrogens with zero attached hydrogens (tertiary/aromatic N) is 2. The largest absolute Gasteiger partial charge is 0.310 e. The van der Waals surface area contributed by atoms with Crippen LogP contribution in [-0.4, -0.2) is 15.8 Å². The van der Waals surface area contributed by atoms with E-state index in [1.807, 2.05) is 0 Å². The molecule has 10 aromatic rings. The van der Waals surface area contributed by atoms with Crippen molar-refractivity contribution in [1.82, 2.24) is 9.13 Å². The van der Waals surface area contributed by atoms with Gasteiger partial charge in [-0.05, 0) is 159 Å². The first-order chi connectivity index (χ1) is 37.8. The maximum Gasteiger partial charge on any atom is 0.252 e. The maximum atomic E-state index is 2.85. The summed E-state index contributed by atoms with van der Waals surface area (Å²) in [5.74, 6) is 0.547. The molecule has 0 bridgehead atoms. The van der Waals surface area contributed by atoms with Crippen molar-refractivity contribution in [2.75, 3.05) is 0 Å². The Morgan fingerprint density at radius 1 is 0.438 bits per heavy atom. The van der Waals surface area contributed by atoms with Crippen molar-refractivity contribution in [2.45, 2.75) is 152 Å². The molecule has 0 fully saturated rings. The minimum atomic E-state index is -0.591. The van der Waals surface area contributed by atoms with Crippen LogP contribution in [0.4, 0.5) is 0 Å². The average molecular weight is 1040 g/mol. The summed E-state index contributed by atoms with van der Waals surface area (Å²) in [5, 5.41) is 4.25. The Morgan fingerprint density at radius 2 is 0.938 bits per heavy atom. The van der Waals surface area contributed by atoms with Gasteiger partial charge in [-0.25, -0.2) is 0 Å². The van der Waals surface area contributed by atoms with Gasteiger partial charge in [-0.2, -0.15) is 0 Å². The first kappa shape index (κ1) is 50.2. The van der Waals surface area contributed by atoms with E-state index in [4.69, 9.17) is 0 Å². The van der Waals surface area contributed by atoms with E-state index >= 15 is 0 Å². The first-order valence-corrected chi connectivity index (χ1v) is 30.2.